The molecule has 2 N–H and O–H groups in total. The molecule has 1 atom stereocenters. The molecule has 2 aromatic heterocycles. The Morgan fingerprint density at radius 3 is 2.74 bits per heavy atom. The minimum absolute atomic E-state index is 0.108. The van der Waals surface area contributed by atoms with E-state index in [0.717, 1.165) is 5.56 Å². The summed E-state index contributed by atoms with van der Waals surface area (Å²) in [6, 6.07) is 9.03. The number of aliphatic hydroxyl groups is 1. The summed E-state index contributed by atoms with van der Waals surface area (Å²) in [7, 11) is 0. The van der Waals surface area contributed by atoms with Crippen LogP contribution in [0.3, 0.4) is 0 Å². The monoisotopic (exact) mass is 371 g/mol. The third-order valence-electron chi connectivity index (χ3n) is 4.30. The van der Waals surface area contributed by atoms with Crippen molar-refractivity contribution in [3.63, 3.8) is 0 Å². The fourth-order valence-corrected chi connectivity index (χ4v) is 3.07. The zero-order chi connectivity index (χ0) is 19.4. The number of rotatable bonds is 7. The molecule has 0 radical (unpaired) electrons. The van der Waals surface area contributed by atoms with Crippen LogP contribution in [0.25, 0.3) is 5.65 Å². The van der Waals surface area contributed by atoms with Gasteiger partial charge < -0.3 is 15.2 Å². The van der Waals surface area contributed by atoms with E-state index in [4.69, 9.17) is 4.74 Å². The van der Waals surface area contributed by atoms with E-state index in [0.29, 0.717) is 35.8 Å². The molecule has 0 bridgehead atoms. The van der Waals surface area contributed by atoms with Gasteiger partial charge >= 0.3 is 0 Å². The fraction of sp³-hybridized carbons (Fsp3) is 0.300. The van der Waals surface area contributed by atoms with Crippen molar-refractivity contribution in [3.8, 4) is 5.75 Å². The van der Waals surface area contributed by atoms with Crippen LogP contribution >= 0.6 is 0 Å². The number of fused-ring (bicyclic) bond motifs is 1. The summed E-state index contributed by atoms with van der Waals surface area (Å²) in [6.45, 7) is 4.03. The molecule has 0 spiro atoms. The van der Waals surface area contributed by atoms with E-state index < -0.39 is 6.04 Å². The Kier molecular flexibility index (Phi) is 5.71. The summed E-state index contributed by atoms with van der Waals surface area (Å²) in [4.78, 5) is 17.4. The highest BCUT2D eigenvalue weighted by molar-refractivity contribution is 5.95. The van der Waals surface area contributed by atoms with Gasteiger partial charge in [0.15, 0.2) is 11.4 Å². The number of nitrogens with one attached hydrogen (secondary N) is 1. The lowest BCUT2D eigenvalue weighted by atomic mass is 10.0. The second-order valence-electron chi connectivity index (χ2n) is 6.13. The lowest BCUT2D eigenvalue weighted by molar-refractivity contribution is 0.0923. The molecular weight excluding hydrogens is 349 g/mol. The van der Waals surface area contributed by atoms with Crippen LogP contribution in [0.1, 0.15) is 41.1 Å². The van der Waals surface area contributed by atoms with Crippen molar-refractivity contribution in [1.82, 2.24) is 14.7 Å². The van der Waals surface area contributed by atoms with Gasteiger partial charge in [0.25, 0.3) is 5.91 Å². The summed E-state index contributed by atoms with van der Waals surface area (Å²) in [5, 5.41) is 12.3. The number of hydrogen-bond acceptors (Lipinski definition) is 4. The van der Waals surface area contributed by atoms with Crippen molar-refractivity contribution < 1.29 is 19.0 Å². The minimum Gasteiger partial charge on any atom is -0.490 e. The van der Waals surface area contributed by atoms with Crippen LogP contribution in [0.5, 0.6) is 5.75 Å². The lowest BCUT2D eigenvalue weighted by Gasteiger charge is -2.18. The molecule has 0 fully saturated rings. The summed E-state index contributed by atoms with van der Waals surface area (Å²) in [5.74, 6) is -0.0714. The van der Waals surface area contributed by atoms with Gasteiger partial charge in [0.1, 0.15) is 11.5 Å². The van der Waals surface area contributed by atoms with E-state index >= 15 is 0 Å². The molecule has 3 aromatic rings. The first-order chi connectivity index (χ1) is 13.0. The van der Waals surface area contributed by atoms with Crippen molar-refractivity contribution in [2.24, 2.45) is 0 Å². The van der Waals surface area contributed by atoms with Gasteiger partial charge in [-0.1, -0.05) is 12.1 Å². The minimum atomic E-state index is -0.442. The standard InChI is InChI=1S/C20H22FN3O3/c1-3-27-17-5-4-11-24-18(13(2)22-19(17)24)20(26)23-16(10-12-25)14-6-8-15(21)9-7-14/h4-9,11,16,25H,3,10,12H2,1-2H3,(H,23,26)/t16-/m0/s1. The maximum absolute atomic E-state index is 13.2. The van der Waals surface area contributed by atoms with Crippen LogP contribution in [0.4, 0.5) is 4.39 Å². The molecule has 7 heteroatoms. The number of halogens is 1. The highest BCUT2D eigenvalue weighted by atomic mass is 19.1. The average Bonchev–Trinajstić information content (AvgIpc) is 2.99. The van der Waals surface area contributed by atoms with Crippen LogP contribution in [0, 0.1) is 12.7 Å². The van der Waals surface area contributed by atoms with Crippen LogP contribution in [-0.4, -0.2) is 33.6 Å². The van der Waals surface area contributed by atoms with Gasteiger partial charge in [-0.25, -0.2) is 9.37 Å². The zero-order valence-corrected chi connectivity index (χ0v) is 15.3. The number of amides is 1. The van der Waals surface area contributed by atoms with Gasteiger partial charge in [-0.05, 0) is 50.1 Å². The lowest BCUT2D eigenvalue weighted by Crippen LogP contribution is -2.30. The Balaban J connectivity index is 1.93. The zero-order valence-electron chi connectivity index (χ0n) is 15.3. The van der Waals surface area contributed by atoms with E-state index in [9.17, 15) is 14.3 Å². The Labute approximate surface area is 156 Å². The maximum Gasteiger partial charge on any atom is 0.270 e. The van der Waals surface area contributed by atoms with Gasteiger partial charge in [0.2, 0.25) is 0 Å². The van der Waals surface area contributed by atoms with Crippen molar-refractivity contribution in [3.05, 3.63) is 65.4 Å². The third kappa shape index (κ3) is 3.93. The number of aromatic nitrogens is 2. The van der Waals surface area contributed by atoms with Gasteiger partial charge in [-0.15, -0.1) is 0 Å². The SMILES string of the molecule is CCOc1cccn2c(C(=O)N[C@@H](CCO)c3ccc(F)cc3)c(C)nc12. The molecule has 0 unspecified atom stereocenters. The number of ether oxygens (including phenoxy) is 1. The predicted octanol–water partition coefficient (Wildman–Crippen LogP) is 3.03. The number of pyridine rings is 1. The quantitative estimate of drug-likeness (QED) is 0.669. The summed E-state index contributed by atoms with van der Waals surface area (Å²) < 4.78 is 20.5. The number of carbonyl (C=O) groups excluding carboxylic acids is 1. The summed E-state index contributed by atoms with van der Waals surface area (Å²) in [5.41, 5.74) is 2.26. The number of benzene rings is 1. The van der Waals surface area contributed by atoms with Crippen LogP contribution < -0.4 is 10.1 Å². The van der Waals surface area contributed by atoms with Crippen LogP contribution in [0.15, 0.2) is 42.6 Å². The predicted molar refractivity (Wildman–Crippen MR) is 99.4 cm³/mol. The van der Waals surface area contributed by atoms with Crippen molar-refractivity contribution >= 4 is 11.6 Å². The topological polar surface area (TPSA) is 75.9 Å². The molecule has 0 saturated carbocycles. The number of aliphatic hydroxyl groups excluding tert-OH is 1. The molecule has 1 amide bonds. The fourth-order valence-electron chi connectivity index (χ4n) is 3.07. The molecule has 142 valence electrons. The molecule has 27 heavy (non-hydrogen) atoms. The second-order valence-corrected chi connectivity index (χ2v) is 6.13. The average molecular weight is 371 g/mol. The van der Waals surface area contributed by atoms with Crippen LogP contribution in [-0.2, 0) is 0 Å². The van der Waals surface area contributed by atoms with Crippen molar-refractivity contribution in [2.75, 3.05) is 13.2 Å². The smallest absolute Gasteiger partial charge is 0.270 e. The van der Waals surface area contributed by atoms with E-state index in [1.54, 1.807) is 41.8 Å². The number of nitrogens with zero attached hydrogens (tertiary/aromatic N) is 2. The van der Waals surface area contributed by atoms with E-state index in [-0.39, 0.29) is 18.3 Å². The highest BCUT2D eigenvalue weighted by Gasteiger charge is 2.22. The molecule has 0 saturated heterocycles. The largest absolute Gasteiger partial charge is 0.490 e. The van der Waals surface area contributed by atoms with Crippen LogP contribution in [0.2, 0.25) is 0 Å². The molecule has 0 aliphatic heterocycles. The molecule has 1 aromatic carbocycles. The van der Waals surface area contributed by atoms with E-state index in [2.05, 4.69) is 10.3 Å². The number of imidazole rings is 1. The Morgan fingerprint density at radius 1 is 1.33 bits per heavy atom. The third-order valence-corrected chi connectivity index (χ3v) is 4.30. The first kappa shape index (κ1) is 18.8. The van der Waals surface area contributed by atoms with Gasteiger partial charge in [-0.3, -0.25) is 9.20 Å². The molecule has 3 rings (SSSR count). The molecular formula is C20H22FN3O3. The normalized spacial score (nSPS) is 12.1. The molecule has 0 aliphatic carbocycles. The van der Waals surface area contributed by atoms with Crippen molar-refractivity contribution in [2.45, 2.75) is 26.3 Å². The van der Waals surface area contributed by atoms with Crippen molar-refractivity contribution in [1.29, 1.82) is 0 Å². The highest BCUT2D eigenvalue weighted by Crippen LogP contribution is 2.23. The Bertz CT molecular complexity index is 938. The summed E-state index contributed by atoms with van der Waals surface area (Å²) >= 11 is 0. The van der Waals surface area contributed by atoms with Gasteiger partial charge in [0.05, 0.1) is 18.3 Å². The number of aryl methyl sites for hydroxylation is 1. The van der Waals surface area contributed by atoms with E-state index in [1.165, 1.54) is 12.1 Å². The Hall–Kier alpha value is -2.93. The first-order valence-electron chi connectivity index (χ1n) is 8.82. The van der Waals surface area contributed by atoms with Gasteiger partial charge in [0, 0.05) is 12.8 Å². The molecule has 2 heterocycles. The van der Waals surface area contributed by atoms with E-state index in [1.807, 2.05) is 6.92 Å². The second kappa shape index (κ2) is 8.18. The summed E-state index contributed by atoms with van der Waals surface area (Å²) in [6.07, 6.45) is 2.07. The van der Waals surface area contributed by atoms with Gasteiger partial charge in [-0.2, -0.15) is 0 Å². The maximum atomic E-state index is 13.2. The molecule has 0 aliphatic rings. The number of hydrogen-bond donors (Lipinski definition) is 2. The Morgan fingerprint density at radius 2 is 2.07 bits per heavy atom. The molecule has 6 nitrogen and oxygen atoms in total. The first-order valence-corrected chi connectivity index (χ1v) is 8.82. The number of carbonyl (C=O) groups is 1.